The fourth-order valence-corrected chi connectivity index (χ4v) is 4.61. The van der Waals surface area contributed by atoms with Crippen LogP contribution < -0.4 is 0 Å². The van der Waals surface area contributed by atoms with Gasteiger partial charge in [-0.05, 0) is 31.1 Å². The maximum atomic E-state index is 2.38. The number of hydrogen-bond acceptors (Lipinski definition) is 0. The monoisotopic (exact) mass is 366 g/mol. The highest BCUT2D eigenvalue weighted by atomic mass is 14.3. The molecule has 0 spiro atoms. The van der Waals surface area contributed by atoms with E-state index in [1.54, 1.807) is 0 Å². The van der Waals surface area contributed by atoms with Crippen LogP contribution in [0.1, 0.15) is 163 Å². The first-order valence-corrected chi connectivity index (χ1v) is 12.7. The van der Waals surface area contributed by atoms with E-state index in [9.17, 15) is 0 Å². The first-order chi connectivity index (χ1) is 12.7. The summed E-state index contributed by atoms with van der Waals surface area (Å²) in [5.74, 6) is 0. The molecule has 0 saturated heterocycles. The van der Waals surface area contributed by atoms with Gasteiger partial charge < -0.3 is 0 Å². The Hall–Kier alpha value is 0. The number of rotatable bonds is 21. The average molecular weight is 367 g/mol. The Balaban J connectivity index is 4.44. The van der Waals surface area contributed by atoms with Crippen molar-refractivity contribution in [3.8, 4) is 0 Å². The van der Waals surface area contributed by atoms with Gasteiger partial charge in [0, 0.05) is 0 Å². The van der Waals surface area contributed by atoms with Gasteiger partial charge in [-0.3, -0.25) is 0 Å². The van der Waals surface area contributed by atoms with Crippen molar-refractivity contribution < 1.29 is 0 Å². The molecule has 158 valence electrons. The lowest BCUT2D eigenvalue weighted by atomic mass is 9.70. The second kappa shape index (κ2) is 19.8. The van der Waals surface area contributed by atoms with Crippen molar-refractivity contribution in [2.75, 3.05) is 0 Å². The Morgan fingerprint density at radius 3 is 0.962 bits per heavy atom. The van der Waals surface area contributed by atoms with Crippen molar-refractivity contribution in [1.82, 2.24) is 0 Å². The summed E-state index contributed by atoms with van der Waals surface area (Å²) in [6.07, 6.45) is 30.7. The smallest absolute Gasteiger partial charge is 0.0297 e. The predicted molar refractivity (Wildman–Crippen MR) is 122 cm³/mol. The molecule has 26 heavy (non-hydrogen) atoms. The van der Waals surface area contributed by atoms with Crippen LogP contribution in [-0.4, -0.2) is 0 Å². The molecule has 0 N–H and O–H groups in total. The maximum absolute atomic E-state index is 2.38. The van der Waals surface area contributed by atoms with Gasteiger partial charge in [-0.25, -0.2) is 0 Å². The summed E-state index contributed by atoms with van der Waals surface area (Å²) in [5.41, 5.74) is 0.695. The lowest BCUT2D eigenvalue weighted by Gasteiger charge is -2.35. The Labute approximate surface area is 168 Å². The Morgan fingerprint density at radius 2 is 0.577 bits per heavy atom. The van der Waals surface area contributed by atoms with E-state index < -0.39 is 0 Å². The van der Waals surface area contributed by atoms with Gasteiger partial charge >= 0.3 is 0 Å². The number of hydrogen-bond donors (Lipinski definition) is 0. The van der Waals surface area contributed by atoms with Gasteiger partial charge in [0.2, 0.25) is 0 Å². The zero-order chi connectivity index (χ0) is 19.3. The summed E-state index contributed by atoms with van der Waals surface area (Å²) in [4.78, 5) is 0. The van der Waals surface area contributed by atoms with Crippen LogP contribution >= 0.6 is 0 Å². The van der Waals surface area contributed by atoms with E-state index in [-0.39, 0.29) is 0 Å². The van der Waals surface area contributed by atoms with Crippen LogP contribution in [-0.2, 0) is 0 Å². The van der Waals surface area contributed by atoms with Crippen molar-refractivity contribution in [2.24, 2.45) is 5.41 Å². The van der Waals surface area contributed by atoms with E-state index in [0.29, 0.717) is 5.41 Å². The van der Waals surface area contributed by atoms with Gasteiger partial charge in [-0.15, -0.1) is 0 Å². The van der Waals surface area contributed by atoms with Crippen molar-refractivity contribution in [3.63, 3.8) is 0 Å². The van der Waals surface area contributed by atoms with E-state index in [1.807, 2.05) is 0 Å². The van der Waals surface area contributed by atoms with E-state index in [1.165, 1.54) is 135 Å². The molecular weight excluding hydrogens is 312 g/mol. The fraction of sp³-hybridized carbons (Fsp3) is 1.00. The minimum Gasteiger partial charge on any atom is -0.0654 e. The minimum atomic E-state index is 0.695. The van der Waals surface area contributed by atoms with Gasteiger partial charge in [0.05, 0.1) is 0 Å². The summed E-state index contributed by atoms with van der Waals surface area (Å²) < 4.78 is 0. The third-order valence-corrected chi connectivity index (χ3v) is 6.49. The molecule has 0 radical (unpaired) electrons. The maximum Gasteiger partial charge on any atom is -0.0297 e. The minimum absolute atomic E-state index is 0.695. The van der Waals surface area contributed by atoms with Crippen LogP contribution in [0.15, 0.2) is 0 Å². The summed E-state index contributed by atoms with van der Waals surface area (Å²) in [6, 6.07) is 0. The van der Waals surface area contributed by atoms with Crippen LogP contribution in [0, 0.1) is 5.41 Å². The molecule has 0 aromatic rings. The van der Waals surface area contributed by atoms with Gasteiger partial charge in [-0.1, -0.05) is 137 Å². The predicted octanol–water partition coefficient (Wildman–Crippen LogP) is 10.2. The molecule has 0 heteroatoms. The van der Waals surface area contributed by atoms with Crippen LogP contribution in [0.2, 0.25) is 0 Å². The topological polar surface area (TPSA) is 0 Å². The van der Waals surface area contributed by atoms with E-state index in [2.05, 4.69) is 27.7 Å². The Kier molecular flexibility index (Phi) is 19.8. The van der Waals surface area contributed by atoms with Crippen molar-refractivity contribution in [3.05, 3.63) is 0 Å². The fourth-order valence-electron chi connectivity index (χ4n) is 4.61. The largest absolute Gasteiger partial charge is 0.0654 e. The van der Waals surface area contributed by atoms with Gasteiger partial charge in [0.15, 0.2) is 0 Å². The molecule has 0 aliphatic rings. The number of unbranched alkanes of at least 4 members (excludes halogenated alkanes) is 13. The molecule has 0 saturated carbocycles. The molecule has 0 amide bonds. The van der Waals surface area contributed by atoms with Crippen LogP contribution in [0.3, 0.4) is 0 Å². The van der Waals surface area contributed by atoms with Crippen LogP contribution in [0.5, 0.6) is 0 Å². The molecule has 0 aromatic carbocycles. The van der Waals surface area contributed by atoms with Gasteiger partial charge in [0.1, 0.15) is 0 Å². The molecule has 0 aromatic heterocycles. The zero-order valence-electron chi connectivity index (χ0n) is 19.3. The van der Waals surface area contributed by atoms with Crippen molar-refractivity contribution >= 4 is 0 Å². The third-order valence-electron chi connectivity index (χ3n) is 6.49. The quantitative estimate of drug-likeness (QED) is 0.177. The lowest BCUT2D eigenvalue weighted by molar-refractivity contribution is 0.173. The molecule has 0 bridgehead atoms. The van der Waals surface area contributed by atoms with Crippen LogP contribution in [0.25, 0.3) is 0 Å². The molecule has 0 aliphatic carbocycles. The zero-order valence-corrected chi connectivity index (χ0v) is 19.3. The summed E-state index contributed by atoms with van der Waals surface area (Å²) in [5, 5.41) is 0. The second-order valence-corrected chi connectivity index (χ2v) is 9.10. The second-order valence-electron chi connectivity index (χ2n) is 9.10. The van der Waals surface area contributed by atoms with Crippen LogP contribution in [0.4, 0.5) is 0 Å². The molecule has 0 rings (SSSR count). The summed E-state index contributed by atoms with van der Waals surface area (Å²) in [6.45, 7) is 9.38. The van der Waals surface area contributed by atoms with Gasteiger partial charge in [0.25, 0.3) is 0 Å². The molecular formula is C26H54. The first kappa shape index (κ1) is 26.0. The molecule has 0 nitrogen and oxygen atoms in total. The molecule has 0 atom stereocenters. The average Bonchev–Trinajstić information content (AvgIpc) is 2.66. The van der Waals surface area contributed by atoms with E-state index in [4.69, 9.17) is 0 Å². The lowest BCUT2D eigenvalue weighted by Crippen LogP contribution is -2.21. The molecule has 0 aliphatic heterocycles. The van der Waals surface area contributed by atoms with E-state index >= 15 is 0 Å². The summed E-state index contributed by atoms with van der Waals surface area (Å²) in [7, 11) is 0. The highest BCUT2D eigenvalue weighted by Crippen LogP contribution is 2.42. The normalized spacial score (nSPS) is 12.0. The summed E-state index contributed by atoms with van der Waals surface area (Å²) >= 11 is 0. The molecule has 0 unspecified atom stereocenters. The highest BCUT2D eigenvalue weighted by Gasteiger charge is 2.27. The molecule has 0 heterocycles. The SMILES string of the molecule is CCCCCCCCCC(CCCC)(CCCCCC)CCCCCC. The van der Waals surface area contributed by atoms with E-state index in [0.717, 1.165) is 0 Å². The standard InChI is InChI=1S/C26H54/c1-5-9-13-16-17-18-21-25-26(22-12-8-4,23-19-14-10-6-2)24-20-15-11-7-3/h5-25H2,1-4H3. The van der Waals surface area contributed by atoms with Crippen molar-refractivity contribution in [2.45, 2.75) is 163 Å². The Morgan fingerprint density at radius 1 is 0.308 bits per heavy atom. The highest BCUT2D eigenvalue weighted by molar-refractivity contribution is 4.80. The third kappa shape index (κ3) is 15.1. The first-order valence-electron chi connectivity index (χ1n) is 12.7. The van der Waals surface area contributed by atoms with Gasteiger partial charge in [-0.2, -0.15) is 0 Å². The molecule has 0 fully saturated rings. The van der Waals surface area contributed by atoms with Crippen molar-refractivity contribution in [1.29, 1.82) is 0 Å². The Bertz CT molecular complexity index is 243.